The third-order valence-electron chi connectivity index (χ3n) is 3.73. The topological polar surface area (TPSA) is 29.9 Å². The highest BCUT2D eigenvalue weighted by Crippen LogP contribution is 2.24. The fraction of sp³-hybridized carbons (Fsp3) is 0.769. The van der Waals surface area contributed by atoms with Crippen molar-refractivity contribution in [3.63, 3.8) is 0 Å². The molecule has 1 heterocycles. The van der Waals surface area contributed by atoms with Gasteiger partial charge in [0.25, 0.3) is 0 Å². The van der Waals surface area contributed by atoms with E-state index in [0.29, 0.717) is 17.9 Å². The zero-order valence-electron chi connectivity index (χ0n) is 11.7. The molecule has 0 spiro atoms. The van der Waals surface area contributed by atoms with E-state index in [-0.39, 0.29) is 0 Å². The second-order valence-corrected chi connectivity index (χ2v) is 5.55. The van der Waals surface area contributed by atoms with Gasteiger partial charge in [-0.25, -0.2) is 0 Å². The molecule has 1 N–H and O–H groups in total. The molecule has 1 aromatic rings. The van der Waals surface area contributed by atoms with Crippen LogP contribution in [0.3, 0.4) is 0 Å². The number of likely N-dealkylation sites (N-methyl/N-ethyl adjacent to an activating group) is 1. The summed E-state index contributed by atoms with van der Waals surface area (Å²) >= 11 is 6.29. The molecule has 2 atom stereocenters. The Morgan fingerprint density at radius 2 is 1.94 bits per heavy atom. The summed E-state index contributed by atoms with van der Waals surface area (Å²) in [5, 5.41) is 8.56. The number of aromatic nitrogens is 2. The Labute approximate surface area is 110 Å². The van der Waals surface area contributed by atoms with E-state index < -0.39 is 0 Å². The van der Waals surface area contributed by atoms with Crippen LogP contribution in [0.5, 0.6) is 0 Å². The minimum Gasteiger partial charge on any atom is -0.316 e. The number of hydrogen-bond acceptors (Lipinski definition) is 2. The van der Waals surface area contributed by atoms with Gasteiger partial charge in [0.1, 0.15) is 0 Å². The molecule has 0 saturated carbocycles. The molecule has 0 radical (unpaired) electrons. The fourth-order valence-corrected chi connectivity index (χ4v) is 2.36. The monoisotopic (exact) mass is 257 g/mol. The van der Waals surface area contributed by atoms with Crippen LogP contribution in [0.15, 0.2) is 0 Å². The van der Waals surface area contributed by atoms with Gasteiger partial charge in [0.05, 0.1) is 16.4 Å². The largest absolute Gasteiger partial charge is 0.316 e. The lowest BCUT2D eigenvalue weighted by Crippen LogP contribution is -2.37. The second-order valence-electron chi connectivity index (χ2n) is 5.17. The normalized spacial score (nSPS) is 15.3. The van der Waals surface area contributed by atoms with Gasteiger partial charge >= 0.3 is 0 Å². The van der Waals surface area contributed by atoms with Gasteiger partial charge in [-0.1, -0.05) is 32.4 Å². The molecular formula is C13H24ClN3. The SMILES string of the molecule is CNC(Cc1c(Cl)c(C)nn1C)C(C)C(C)C. The number of halogens is 1. The van der Waals surface area contributed by atoms with Crippen LogP contribution in [-0.2, 0) is 13.5 Å². The first-order valence-corrected chi connectivity index (χ1v) is 6.61. The van der Waals surface area contributed by atoms with Crippen LogP contribution in [0.1, 0.15) is 32.2 Å². The molecule has 0 aliphatic rings. The Morgan fingerprint density at radius 3 is 2.29 bits per heavy atom. The van der Waals surface area contributed by atoms with E-state index in [1.165, 1.54) is 0 Å². The number of hydrogen-bond donors (Lipinski definition) is 1. The minimum atomic E-state index is 0.433. The Kier molecular flexibility index (Phi) is 5.02. The molecule has 0 aromatic carbocycles. The summed E-state index contributed by atoms with van der Waals surface area (Å²) < 4.78 is 1.90. The fourth-order valence-electron chi connectivity index (χ4n) is 2.13. The predicted molar refractivity (Wildman–Crippen MR) is 73.5 cm³/mol. The van der Waals surface area contributed by atoms with Gasteiger partial charge in [-0.3, -0.25) is 4.68 Å². The first-order chi connectivity index (χ1) is 7.88. The standard InChI is InChI=1S/C13H24ClN3/c1-8(2)9(3)11(15-5)7-12-13(14)10(4)16-17(12)6/h8-9,11,15H,7H2,1-6H3. The van der Waals surface area contributed by atoms with E-state index in [9.17, 15) is 0 Å². The molecule has 0 saturated heterocycles. The summed E-state index contributed by atoms with van der Waals surface area (Å²) in [6.07, 6.45) is 0.923. The van der Waals surface area contributed by atoms with Crippen molar-refractivity contribution in [2.45, 2.75) is 40.2 Å². The van der Waals surface area contributed by atoms with E-state index in [1.54, 1.807) is 0 Å². The van der Waals surface area contributed by atoms with Gasteiger partial charge in [-0.2, -0.15) is 5.10 Å². The van der Waals surface area contributed by atoms with Crippen LogP contribution in [0.2, 0.25) is 5.02 Å². The number of aryl methyl sites for hydroxylation is 2. The Morgan fingerprint density at radius 1 is 1.35 bits per heavy atom. The zero-order valence-corrected chi connectivity index (χ0v) is 12.5. The molecule has 0 amide bonds. The maximum absolute atomic E-state index is 6.29. The molecule has 3 nitrogen and oxygen atoms in total. The van der Waals surface area contributed by atoms with Crippen molar-refractivity contribution in [3.05, 3.63) is 16.4 Å². The summed E-state index contributed by atoms with van der Waals surface area (Å²) in [7, 11) is 3.97. The third kappa shape index (κ3) is 3.23. The molecule has 2 unspecified atom stereocenters. The van der Waals surface area contributed by atoms with Crippen molar-refractivity contribution in [2.24, 2.45) is 18.9 Å². The van der Waals surface area contributed by atoms with Crippen LogP contribution in [0.4, 0.5) is 0 Å². The first-order valence-electron chi connectivity index (χ1n) is 6.23. The first kappa shape index (κ1) is 14.5. The van der Waals surface area contributed by atoms with Crippen molar-refractivity contribution < 1.29 is 0 Å². The lowest BCUT2D eigenvalue weighted by Gasteiger charge is -2.26. The van der Waals surface area contributed by atoms with Gasteiger partial charge in [0.15, 0.2) is 0 Å². The quantitative estimate of drug-likeness (QED) is 0.879. The summed E-state index contributed by atoms with van der Waals surface area (Å²) in [5.74, 6) is 1.26. The van der Waals surface area contributed by atoms with Crippen molar-refractivity contribution in [1.82, 2.24) is 15.1 Å². The Bertz CT molecular complexity index is 371. The van der Waals surface area contributed by atoms with Gasteiger partial charge in [-0.05, 0) is 25.8 Å². The summed E-state index contributed by atoms with van der Waals surface area (Å²) in [6, 6.07) is 0.433. The summed E-state index contributed by atoms with van der Waals surface area (Å²) in [4.78, 5) is 0. The van der Waals surface area contributed by atoms with E-state index >= 15 is 0 Å². The Hall–Kier alpha value is -0.540. The summed E-state index contributed by atoms with van der Waals surface area (Å²) in [5.41, 5.74) is 2.03. The zero-order chi connectivity index (χ0) is 13.2. The molecule has 0 aliphatic carbocycles. The van der Waals surface area contributed by atoms with Gasteiger partial charge < -0.3 is 5.32 Å². The number of nitrogens with zero attached hydrogens (tertiary/aromatic N) is 2. The lowest BCUT2D eigenvalue weighted by atomic mass is 9.88. The number of rotatable bonds is 5. The van der Waals surface area contributed by atoms with Crippen LogP contribution in [0, 0.1) is 18.8 Å². The van der Waals surface area contributed by atoms with E-state index in [2.05, 4.69) is 31.2 Å². The molecule has 1 aromatic heterocycles. The molecular weight excluding hydrogens is 234 g/mol. The van der Waals surface area contributed by atoms with Gasteiger partial charge in [-0.15, -0.1) is 0 Å². The predicted octanol–water partition coefficient (Wildman–Crippen LogP) is 2.80. The highest BCUT2D eigenvalue weighted by molar-refractivity contribution is 6.31. The molecule has 98 valence electrons. The molecule has 4 heteroatoms. The van der Waals surface area contributed by atoms with Crippen LogP contribution < -0.4 is 5.32 Å². The van der Waals surface area contributed by atoms with E-state index in [4.69, 9.17) is 11.6 Å². The summed E-state index contributed by atoms with van der Waals surface area (Å²) in [6.45, 7) is 8.74. The second kappa shape index (κ2) is 5.87. The maximum Gasteiger partial charge on any atom is 0.0847 e. The smallest absolute Gasteiger partial charge is 0.0847 e. The van der Waals surface area contributed by atoms with Crippen LogP contribution in [0.25, 0.3) is 0 Å². The lowest BCUT2D eigenvalue weighted by molar-refractivity contribution is 0.306. The minimum absolute atomic E-state index is 0.433. The van der Waals surface area contributed by atoms with Crippen molar-refractivity contribution in [2.75, 3.05) is 7.05 Å². The van der Waals surface area contributed by atoms with Crippen LogP contribution >= 0.6 is 11.6 Å². The van der Waals surface area contributed by atoms with E-state index in [1.807, 2.05) is 25.7 Å². The molecule has 17 heavy (non-hydrogen) atoms. The molecule has 1 rings (SSSR count). The van der Waals surface area contributed by atoms with Gasteiger partial charge in [0, 0.05) is 19.5 Å². The average molecular weight is 258 g/mol. The highest BCUT2D eigenvalue weighted by Gasteiger charge is 2.22. The maximum atomic E-state index is 6.29. The number of nitrogens with one attached hydrogen (secondary N) is 1. The molecule has 0 aliphatic heterocycles. The van der Waals surface area contributed by atoms with Gasteiger partial charge in [0.2, 0.25) is 0 Å². The average Bonchev–Trinajstić information content (AvgIpc) is 2.50. The molecule has 0 bridgehead atoms. The van der Waals surface area contributed by atoms with Crippen molar-refractivity contribution in [1.29, 1.82) is 0 Å². The highest BCUT2D eigenvalue weighted by atomic mass is 35.5. The van der Waals surface area contributed by atoms with Crippen LogP contribution in [-0.4, -0.2) is 22.9 Å². The van der Waals surface area contributed by atoms with Crippen molar-refractivity contribution >= 4 is 11.6 Å². The van der Waals surface area contributed by atoms with E-state index in [0.717, 1.165) is 22.8 Å². The Balaban J connectivity index is 2.88. The third-order valence-corrected chi connectivity index (χ3v) is 4.22. The molecule has 0 fully saturated rings. The van der Waals surface area contributed by atoms with Crippen molar-refractivity contribution in [3.8, 4) is 0 Å².